The van der Waals surface area contributed by atoms with Crippen molar-refractivity contribution in [2.24, 2.45) is 0 Å². The zero-order chi connectivity index (χ0) is 11.1. The molecule has 1 aromatic carbocycles. The van der Waals surface area contributed by atoms with Gasteiger partial charge in [0, 0.05) is 5.56 Å². The molecule has 0 spiro atoms. The van der Waals surface area contributed by atoms with Crippen LogP contribution in [0.2, 0.25) is 8.67 Å². The molecule has 5 heteroatoms. The number of nitrogens with zero attached hydrogens (tertiary/aromatic N) is 1. The van der Waals surface area contributed by atoms with Crippen LogP contribution in [0.25, 0.3) is 22.4 Å². The third-order valence-electron chi connectivity index (χ3n) is 2.30. The van der Waals surface area contributed by atoms with Gasteiger partial charge in [0.25, 0.3) is 0 Å². The Labute approximate surface area is 106 Å². The Balaban J connectivity index is 2.22. The van der Waals surface area contributed by atoms with E-state index in [4.69, 9.17) is 23.2 Å². The highest BCUT2D eigenvalue weighted by Crippen LogP contribution is 2.37. The third kappa shape index (κ3) is 1.61. The van der Waals surface area contributed by atoms with Crippen molar-refractivity contribution in [3.63, 3.8) is 0 Å². The zero-order valence-corrected chi connectivity index (χ0v) is 10.3. The third-order valence-corrected chi connectivity index (χ3v) is 3.79. The minimum Gasteiger partial charge on any atom is -0.338 e. The molecule has 0 saturated carbocycles. The van der Waals surface area contributed by atoms with Gasteiger partial charge in [-0.1, -0.05) is 35.3 Å². The molecule has 0 aliphatic rings. The quantitative estimate of drug-likeness (QED) is 0.687. The fraction of sp³-hybridized carbons (Fsp3) is 0. The summed E-state index contributed by atoms with van der Waals surface area (Å²) in [5, 5.41) is 0. The Morgan fingerprint density at radius 3 is 2.69 bits per heavy atom. The predicted molar refractivity (Wildman–Crippen MR) is 69.4 cm³/mol. The van der Waals surface area contributed by atoms with E-state index in [9.17, 15) is 0 Å². The van der Waals surface area contributed by atoms with Crippen LogP contribution in [-0.4, -0.2) is 9.97 Å². The average Bonchev–Trinajstić information content (AvgIpc) is 2.81. The topological polar surface area (TPSA) is 28.7 Å². The first-order chi connectivity index (χ1) is 7.74. The van der Waals surface area contributed by atoms with Gasteiger partial charge in [-0.2, -0.15) is 0 Å². The summed E-state index contributed by atoms with van der Waals surface area (Å²) in [5.41, 5.74) is 2.78. The SMILES string of the molecule is Clc1cc(-c2nc3ccccc3[nH]2)c(Cl)s1. The van der Waals surface area contributed by atoms with E-state index in [2.05, 4.69) is 9.97 Å². The van der Waals surface area contributed by atoms with Crippen LogP contribution < -0.4 is 0 Å². The number of imidazole rings is 1. The van der Waals surface area contributed by atoms with Gasteiger partial charge in [0.2, 0.25) is 0 Å². The van der Waals surface area contributed by atoms with Gasteiger partial charge in [-0.3, -0.25) is 0 Å². The summed E-state index contributed by atoms with van der Waals surface area (Å²) in [5.74, 6) is 0.759. The summed E-state index contributed by atoms with van der Waals surface area (Å²) in [6.07, 6.45) is 0. The normalized spacial score (nSPS) is 11.1. The molecule has 3 aromatic rings. The van der Waals surface area contributed by atoms with E-state index >= 15 is 0 Å². The lowest BCUT2D eigenvalue weighted by atomic mass is 10.3. The monoisotopic (exact) mass is 268 g/mol. The molecular formula is C11H6Cl2N2S. The van der Waals surface area contributed by atoms with E-state index in [0.717, 1.165) is 22.4 Å². The number of hydrogen-bond acceptors (Lipinski definition) is 2. The summed E-state index contributed by atoms with van der Waals surface area (Å²) in [4.78, 5) is 7.68. The lowest BCUT2D eigenvalue weighted by Gasteiger charge is -1.90. The summed E-state index contributed by atoms with van der Waals surface area (Å²) in [6, 6.07) is 9.68. The van der Waals surface area contributed by atoms with Crippen molar-refractivity contribution < 1.29 is 0 Å². The van der Waals surface area contributed by atoms with Crippen LogP contribution in [0.15, 0.2) is 30.3 Å². The number of fused-ring (bicyclic) bond motifs is 1. The van der Waals surface area contributed by atoms with Gasteiger partial charge in [-0.25, -0.2) is 4.98 Å². The lowest BCUT2D eigenvalue weighted by Crippen LogP contribution is -1.75. The zero-order valence-electron chi connectivity index (χ0n) is 8.00. The minimum atomic E-state index is 0.657. The largest absolute Gasteiger partial charge is 0.338 e. The van der Waals surface area contributed by atoms with Crippen LogP contribution in [0, 0.1) is 0 Å². The molecule has 3 rings (SSSR count). The number of para-hydroxylation sites is 2. The number of aromatic nitrogens is 2. The number of H-pyrrole nitrogens is 1. The van der Waals surface area contributed by atoms with Gasteiger partial charge in [-0.05, 0) is 18.2 Å². The Hall–Kier alpha value is -1.03. The first-order valence-electron chi connectivity index (χ1n) is 4.64. The molecule has 0 amide bonds. The molecule has 1 N–H and O–H groups in total. The van der Waals surface area contributed by atoms with Crippen LogP contribution in [0.1, 0.15) is 0 Å². The van der Waals surface area contributed by atoms with Gasteiger partial charge in [0.05, 0.1) is 15.4 Å². The molecule has 0 aliphatic heterocycles. The standard InChI is InChI=1S/C11H6Cl2N2S/c12-9-5-6(10(13)16-9)11-14-7-3-1-2-4-8(7)15-11/h1-5H,(H,14,15). The van der Waals surface area contributed by atoms with Gasteiger partial charge in [0.1, 0.15) is 10.2 Å². The maximum absolute atomic E-state index is 6.08. The van der Waals surface area contributed by atoms with Crippen molar-refractivity contribution in [2.45, 2.75) is 0 Å². The second-order valence-corrected chi connectivity index (χ2v) is 5.63. The molecule has 2 heterocycles. The van der Waals surface area contributed by atoms with Crippen molar-refractivity contribution in [1.29, 1.82) is 0 Å². The molecule has 0 atom stereocenters. The first kappa shape index (κ1) is 10.1. The van der Waals surface area contributed by atoms with Crippen molar-refractivity contribution >= 4 is 45.6 Å². The molecule has 0 saturated heterocycles. The first-order valence-corrected chi connectivity index (χ1v) is 6.21. The van der Waals surface area contributed by atoms with Crippen molar-refractivity contribution in [3.05, 3.63) is 39.0 Å². The number of nitrogens with one attached hydrogen (secondary N) is 1. The van der Waals surface area contributed by atoms with Gasteiger partial charge < -0.3 is 4.98 Å². The molecule has 16 heavy (non-hydrogen) atoms. The molecule has 0 bridgehead atoms. The van der Waals surface area contributed by atoms with E-state index in [-0.39, 0.29) is 0 Å². The molecule has 2 aromatic heterocycles. The van der Waals surface area contributed by atoms with E-state index in [1.165, 1.54) is 11.3 Å². The molecule has 0 radical (unpaired) electrons. The van der Waals surface area contributed by atoms with Crippen molar-refractivity contribution in [1.82, 2.24) is 9.97 Å². The molecule has 0 unspecified atom stereocenters. The Kier molecular flexibility index (Phi) is 2.39. The smallest absolute Gasteiger partial charge is 0.140 e. The van der Waals surface area contributed by atoms with Crippen LogP contribution in [0.3, 0.4) is 0 Å². The van der Waals surface area contributed by atoms with Crippen molar-refractivity contribution in [3.8, 4) is 11.4 Å². The van der Waals surface area contributed by atoms with Crippen LogP contribution in [-0.2, 0) is 0 Å². The Bertz CT molecular complexity index is 624. The van der Waals surface area contributed by atoms with E-state index in [0.29, 0.717) is 8.67 Å². The Morgan fingerprint density at radius 2 is 2.00 bits per heavy atom. The second kappa shape index (κ2) is 3.77. The number of aromatic amines is 1. The van der Waals surface area contributed by atoms with E-state index in [1.807, 2.05) is 30.3 Å². The van der Waals surface area contributed by atoms with E-state index in [1.54, 1.807) is 0 Å². The maximum atomic E-state index is 6.08. The summed E-state index contributed by atoms with van der Waals surface area (Å²) in [7, 11) is 0. The van der Waals surface area contributed by atoms with Crippen LogP contribution in [0.5, 0.6) is 0 Å². The molecule has 2 nitrogen and oxygen atoms in total. The maximum Gasteiger partial charge on any atom is 0.140 e. The highest BCUT2D eigenvalue weighted by atomic mass is 35.5. The number of benzene rings is 1. The minimum absolute atomic E-state index is 0.657. The van der Waals surface area contributed by atoms with Crippen LogP contribution in [0.4, 0.5) is 0 Å². The second-order valence-electron chi connectivity index (χ2n) is 3.34. The molecular weight excluding hydrogens is 263 g/mol. The fourth-order valence-electron chi connectivity index (χ4n) is 1.58. The van der Waals surface area contributed by atoms with Gasteiger partial charge in [0.15, 0.2) is 0 Å². The highest BCUT2D eigenvalue weighted by molar-refractivity contribution is 7.20. The predicted octanol–water partition coefficient (Wildman–Crippen LogP) is 4.60. The summed E-state index contributed by atoms with van der Waals surface area (Å²) < 4.78 is 1.32. The summed E-state index contributed by atoms with van der Waals surface area (Å²) >= 11 is 13.3. The number of halogens is 2. The number of hydrogen-bond donors (Lipinski definition) is 1. The number of thiophene rings is 1. The van der Waals surface area contributed by atoms with Gasteiger partial charge in [-0.15, -0.1) is 11.3 Å². The van der Waals surface area contributed by atoms with Crippen molar-refractivity contribution in [2.75, 3.05) is 0 Å². The van der Waals surface area contributed by atoms with E-state index < -0.39 is 0 Å². The number of rotatable bonds is 1. The molecule has 0 fully saturated rings. The fourth-order valence-corrected chi connectivity index (χ4v) is 3.05. The molecule has 0 aliphatic carbocycles. The van der Waals surface area contributed by atoms with Crippen LogP contribution >= 0.6 is 34.5 Å². The lowest BCUT2D eigenvalue weighted by molar-refractivity contribution is 1.35. The Morgan fingerprint density at radius 1 is 1.19 bits per heavy atom. The average molecular weight is 269 g/mol. The molecule has 80 valence electrons. The van der Waals surface area contributed by atoms with Gasteiger partial charge >= 0.3 is 0 Å². The summed E-state index contributed by atoms with van der Waals surface area (Å²) in [6.45, 7) is 0. The highest BCUT2D eigenvalue weighted by Gasteiger charge is 2.11.